The molecule has 1 aliphatic carbocycles. The van der Waals surface area contributed by atoms with Crippen LogP contribution >= 0.6 is 0 Å². The molecule has 1 fully saturated rings. The summed E-state index contributed by atoms with van der Waals surface area (Å²) in [5, 5.41) is 3.55. The molecule has 0 aliphatic heterocycles. The lowest BCUT2D eigenvalue weighted by atomic mass is 10.0. The van der Waals surface area contributed by atoms with Gasteiger partial charge in [-0.1, -0.05) is 30.3 Å². The van der Waals surface area contributed by atoms with Crippen molar-refractivity contribution in [3.05, 3.63) is 35.9 Å². The quantitative estimate of drug-likeness (QED) is 0.771. The normalized spacial score (nSPS) is 19.9. The Balaban J connectivity index is 1.75. The van der Waals surface area contributed by atoms with Crippen LogP contribution in [0.4, 0.5) is 0 Å². The van der Waals surface area contributed by atoms with Crippen molar-refractivity contribution in [2.75, 3.05) is 6.54 Å². The molecule has 82 valence electrons. The van der Waals surface area contributed by atoms with Gasteiger partial charge in [0.25, 0.3) is 0 Å². The standard InChI is InChI=1S/C13H20N2/c1-13(8-9-13)15-10-7-12(14)11-5-3-2-4-6-11/h2-6,12,15H,7-10,14H2,1H3. The van der Waals surface area contributed by atoms with Gasteiger partial charge in [-0.2, -0.15) is 0 Å². The van der Waals surface area contributed by atoms with Crippen molar-refractivity contribution in [1.29, 1.82) is 0 Å². The van der Waals surface area contributed by atoms with Gasteiger partial charge >= 0.3 is 0 Å². The van der Waals surface area contributed by atoms with Crippen molar-refractivity contribution < 1.29 is 0 Å². The van der Waals surface area contributed by atoms with Crippen LogP contribution in [0.3, 0.4) is 0 Å². The third-order valence-electron chi connectivity index (χ3n) is 3.23. The molecule has 2 nitrogen and oxygen atoms in total. The average molecular weight is 204 g/mol. The number of nitrogens with one attached hydrogen (secondary N) is 1. The summed E-state index contributed by atoms with van der Waals surface area (Å²) in [5.41, 5.74) is 7.77. The van der Waals surface area contributed by atoms with Crippen molar-refractivity contribution in [3.8, 4) is 0 Å². The van der Waals surface area contributed by atoms with Crippen LogP contribution < -0.4 is 11.1 Å². The van der Waals surface area contributed by atoms with Gasteiger partial charge in [0.15, 0.2) is 0 Å². The van der Waals surface area contributed by atoms with Crippen molar-refractivity contribution in [2.24, 2.45) is 5.73 Å². The van der Waals surface area contributed by atoms with Gasteiger partial charge in [-0.3, -0.25) is 0 Å². The largest absolute Gasteiger partial charge is 0.324 e. The smallest absolute Gasteiger partial charge is 0.0306 e. The molecule has 1 aromatic carbocycles. The molecule has 3 N–H and O–H groups in total. The molecule has 0 radical (unpaired) electrons. The van der Waals surface area contributed by atoms with E-state index in [-0.39, 0.29) is 6.04 Å². The first-order valence-electron chi connectivity index (χ1n) is 5.75. The third-order valence-corrected chi connectivity index (χ3v) is 3.23. The highest BCUT2D eigenvalue weighted by Crippen LogP contribution is 2.34. The fraction of sp³-hybridized carbons (Fsp3) is 0.538. The average Bonchev–Trinajstić information content (AvgIpc) is 2.98. The van der Waals surface area contributed by atoms with Crippen molar-refractivity contribution >= 4 is 0 Å². The summed E-state index contributed by atoms with van der Waals surface area (Å²) in [5.74, 6) is 0. The monoisotopic (exact) mass is 204 g/mol. The fourth-order valence-corrected chi connectivity index (χ4v) is 1.76. The second-order valence-corrected chi connectivity index (χ2v) is 4.79. The first-order chi connectivity index (χ1) is 7.20. The Kier molecular flexibility index (Phi) is 3.08. The first-order valence-corrected chi connectivity index (χ1v) is 5.75. The molecule has 1 aliphatic rings. The number of hydrogen-bond acceptors (Lipinski definition) is 2. The molecule has 0 amide bonds. The van der Waals surface area contributed by atoms with Crippen LogP contribution in [0.2, 0.25) is 0 Å². The van der Waals surface area contributed by atoms with E-state index >= 15 is 0 Å². The Morgan fingerprint density at radius 3 is 2.60 bits per heavy atom. The Morgan fingerprint density at radius 1 is 1.33 bits per heavy atom. The van der Waals surface area contributed by atoms with E-state index in [1.54, 1.807) is 0 Å². The van der Waals surface area contributed by atoms with Crippen LogP contribution in [0.1, 0.15) is 37.8 Å². The first kappa shape index (κ1) is 10.7. The molecule has 1 saturated carbocycles. The molecule has 2 heteroatoms. The highest BCUT2D eigenvalue weighted by Gasteiger charge is 2.36. The van der Waals surface area contributed by atoms with E-state index in [0.29, 0.717) is 5.54 Å². The summed E-state index contributed by atoms with van der Waals surface area (Å²) < 4.78 is 0. The zero-order valence-corrected chi connectivity index (χ0v) is 9.37. The molecule has 0 aromatic heterocycles. The van der Waals surface area contributed by atoms with Gasteiger partial charge in [-0.05, 0) is 38.3 Å². The summed E-state index contributed by atoms with van der Waals surface area (Å²) in [6.45, 7) is 3.30. The molecule has 0 saturated heterocycles. The van der Waals surface area contributed by atoms with E-state index in [4.69, 9.17) is 5.73 Å². The second-order valence-electron chi connectivity index (χ2n) is 4.79. The van der Waals surface area contributed by atoms with Gasteiger partial charge in [0, 0.05) is 11.6 Å². The molecule has 15 heavy (non-hydrogen) atoms. The van der Waals surface area contributed by atoms with E-state index in [0.717, 1.165) is 13.0 Å². The highest BCUT2D eigenvalue weighted by molar-refractivity contribution is 5.18. The number of hydrogen-bond donors (Lipinski definition) is 2. The molecule has 0 heterocycles. The van der Waals surface area contributed by atoms with E-state index < -0.39 is 0 Å². The van der Waals surface area contributed by atoms with E-state index in [9.17, 15) is 0 Å². The van der Waals surface area contributed by atoms with Gasteiger partial charge in [-0.15, -0.1) is 0 Å². The maximum absolute atomic E-state index is 6.10. The number of benzene rings is 1. The maximum Gasteiger partial charge on any atom is 0.0306 e. The minimum Gasteiger partial charge on any atom is -0.324 e. The van der Waals surface area contributed by atoms with E-state index in [2.05, 4.69) is 24.4 Å². The molecule has 2 rings (SSSR count). The topological polar surface area (TPSA) is 38.0 Å². The fourth-order valence-electron chi connectivity index (χ4n) is 1.76. The molecular weight excluding hydrogens is 184 g/mol. The Labute approximate surface area is 91.9 Å². The Hall–Kier alpha value is -0.860. The zero-order valence-electron chi connectivity index (χ0n) is 9.37. The van der Waals surface area contributed by atoms with Crippen molar-refractivity contribution in [3.63, 3.8) is 0 Å². The predicted molar refractivity (Wildman–Crippen MR) is 63.6 cm³/mol. The summed E-state index contributed by atoms with van der Waals surface area (Å²) in [6, 6.07) is 10.5. The van der Waals surface area contributed by atoms with Crippen LogP contribution in [0.5, 0.6) is 0 Å². The van der Waals surface area contributed by atoms with Crippen LogP contribution in [-0.2, 0) is 0 Å². The SMILES string of the molecule is CC1(NCCC(N)c2ccccc2)CC1. The second kappa shape index (κ2) is 4.33. The molecule has 0 spiro atoms. The van der Waals surface area contributed by atoms with Crippen LogP contribution in [-0.4, -0.2) is 12.1 Å². The van der Waals surface area contributed by atoms with Gasteiger partial charge in [0.2, 0.25) is 0 Å². The van der Waals surface area contributed by atoms with E-state index in [1.807, 2.05) is 18.2 Å². The maximum atomic E-state index is 6.10. The Bertz CT molecular complexity index is 304. The highest BCUT2D eigenvalue weighted by atomic mass is 15.0. The minimum absolute atomic E-state index is 0.168. The molecule has 1 atom stereocenters. The van der Waals surface area contributed by atoms with Crippen LogP contribution in [0, 0.1) is 0 Å². The lowest BCUT2D eigenvalue weighted by Crippen LogP contribution is -2.30. The van der Waals surface area contributed by atoms with Gasteiger partial charge in [0.1, 0.15) is 0 Å². The molecule has 1 aromatic rings. The predicted octanol–water partition coefficient (Wildman–Crippen LogP) is 2.22. The van der Waals surface area contributed by atoms with Crippen LogP contribution in [0.15, 0.2) is 30.3 Å². The minimum atomic E-state index is 0.168. The number of nitrogens with two attached hydrogens (primary N) is 1. The lowest BCUT2D eigenvalue weighted by molar-refractivity contribution is 0.499. The van der Waals surface area contributed by atoms with Gasteiger partial charge in [0.05, 0.1) is 0 Å². The summed E-state index contributed by atoms with van der Waals surface area (Å²) in [7, 11) is 0. The van der Waals surface area contributed by atoms with E-state index in [1.165, 1.54) is 18.4 Å². The summed E-state index contributed by atoms with van der Waals surface area (Å²) in [4.78, 5) is 0. The summed E-state index contributed by atoms with van der Waals surface area (Å²) >= 11 is 0. The van der Waals surface area contributed by atoms with Gasteiger partial charge in [-0.25, -0.2) is 0 Å². The van der Waals surface area contributed by atoms with Crippen molar-refractivity contribution in [1.82, 2.24) is 5.32 Å². The van der Waals surface area contributed by atoms with Crippen LogP contribution in [0.25, 0.3) is 0 Å². The molecule has 0 bridgehead atoms. The van der Waals surface area contributed by atoms with Gasteiger partial charge < -0.3 is 11.1 Å². The molecule has 1 unspecified atom stereocenters. The zero-order chi connectivity index (χ0) is 10.7. The summed E-state index contributed by atoms with van der Waals surface area (Å²) in [6.07, 6.45) is 3.64. The Morgan fingerprint density at radius 2 is 2.00 bits per heavy atom. The lowest BCUT2D eigenvalue weighted by Gasteiger charge is -2.15. The molecular formula is C13H20N2. The van der Waals surface area contributed by atoms with Crippen molar-refractivity contribution in [2.45, 2.75) is 37.8 Å². The third kappa shape index (κ3) is 3.05. The number of rotatable bonds is 5.